The molecule has 0 aliphatic carbocycles. The highest BCUT2D eigenvalue weighted by Gasteiger charge is 2.17. The summed E-state index contributed by atoms with van der Waals surface area (Å²) in [4.78, 5) is 37.6. The molecule has 130 valence electrons. The van der Waals surface area contributed by atoms with E-state index in [4.69, 9.17) is 10.5 Å². The van der Waals surface area contributed by atoms with Gasteiger partial charge < -0.3 is 21.1 Å². The van der Waals surface area contributed by atoms with E-state index < -0.39 is 16.7 Å². The van der Waals surface area contributed by atoms with Gasteiger partial charge in [0, 0.05) is 6.20 Å². The van der Waals surface area contributed by atoms with E-state index >= 15 is 0 Å². The first-order valence-corrected chi connectivity index (χ1v) is 7.03. The number of pyridine rings is 1. The largest absolute Gasteiger partial charge is 0.496 e. The van der Waals surface area contributed by atoms with Crippen molar-refractivity contribution in [3.8, 4) is 5.75 Å². The highest BCUT2D eigenvalue weighted by molar-refractivity contribution is 5.99. The van der Waals surface area contributed by atoms with Crippen LogP contribution in [0.2, 0.25) is 0 Å². The summed E-state index contributed by atoms with van der Waals surface area (Å²) in [6, 6.07) is 7.17. The third kappa shape index (κ3) is 4.41. The molecule has 25 heavy (non-hydrogen) atoms. The number of aromatic nitrogens is 1. The number of ether oxygens (including phenoxy) is 1. The van der Waals surface area contributed by atoms with Crippen LogP contribution in [0.3, 0.4) is 0 Å². The number of rotatable bonds is 7. The number of nitro groups is 1. The molecule has 2 rings (SSSR count). The van der Waals surface area contributed by atoms with Gasteiger partial charge in [-0.15, -0.1) is 0 Å². The van der Waals surface area contributed by atoms with E-state index in [0.29, 0.717) is 5.75 Å². The fourth-order valence-corrected chi connectivity index (χ4v) is 2.01. The molecule has 0 saturated heterocycles. The fourth-order valence-electron chi connectivity index (χ4n) is 2.01. The lowest BCUT2D eigenvalue weighted by Gasteiger charge is -2.10. The average Bonchev–Trinajstić information content (AvgIpc) is 2.60. The number of nitrogens with two attached hydrogens (primary N) is 1. The number of primary amides is 1. The van der Waals surface area contributed by atoms with Crippen LogP contribution in [0.4, 0.5) is 17.1 Å². The molecule has 2 aromatic rings. The lowest BCUT2D eigenvalue weighted by Crippen LogP contribution is -2.24. The number of anilines is 2. The Balaban J connectivity index is 2.09. The maximum atomic E-state index is 12.0. The van der Waals surface area contributed by atoms with Crippen LogP contribution in [0.15, 0.2) is 36.5 Å². The van der Waals surface area contributed by atoms with Crippen molar-refractivity contribution in [3.63, 3.8) is 0 Å². The second-order valence-corrected chi connectivity index (χ2v) is 4.81. The summed E-state index contributed by atoms with van der Waals surface area (Å²) >= 11 is 0. The third-order valence-electron chi connectivity index (χ3n) is 3.16. The molecule has 0 aliphatic rings. The number of methoxy groups -OCH3 is 1. The molecule has 0 fully saturated rings. The zero-order valence-corrected chi connectivity index (χ0v) is 13.2. The van der Waals surface area contributed by atoms with E-state index in [1.165, 1.54) is 37.6 Å². The standard InChI is InChI=1S/C15H15N5O5/c1-25-9-4-5-10(12(7-9)20(23)24)19-13(21)8-18-11-3-2-6-17-14(11)15(16)22/h2-7,18H,8H2,1H3,(H2,16,22)(H,19,21). The summed E-state index contributed by atoms with van der Waals surface area (Å²) in [6.45, 7) is -0.241. The summed E-state index contributed by atoms with van der Waals surface area (Å²) in [6.07, 6.45) is 1.39. The first-order valence-electron chi connectivity index (χ1n) is 7.03. The smallest absolute Gasteiger partial charge is 0.296 e. The molecule has 0 atom stereocenters. The summed E-state index contributed by atoms with van der Waals surface area (Å²) in [7, 11) is 1.38. The van der Waals surface area contributed by atoms with E-state index in [-0.39, 0.29) is 29.3 Å². The number of amides is 2. The molecule has 0 bridgehead atoms. The monoisotopic (exact) mass is 345 g/mol. The first-order chi connectivity index (χ1) is 11.9. The van der Waals surface area contributed by atoms with Crippen molar-refractivity contribution in [1.82, 2.24) is 4.98 Å². The van der Waals surface area contributed by atoms with Gasteiger partial charge in [-0.2, -0.15) is 0 Å². The lowest BCUT2D eigenvalue weighted by molar-refractivity contribution is -0.384. The van der Waals surface area contributed by atoms with E-state index in [1.807, 2.05) is 0 Å². The normalized spacial score (nSPS) is 9.96. The van der Waals surface area contributed by atoms with Gasteiger partial charge >= 0.3 is 0 Å². The van der Waals surface area contributed by atoms with Gasteiger partial charge in [0.2, 0.25) is 5.91 Å². The van der Waals surface area contributed by atoms with E-state index in [0.717, 1.165) is 0 Å². The Labute approximate surface area is 142 Å². The van der Waals surface area contributed by atoms with Crippen LogP contribution in [0, 0.1) is 10.1 Å². The number of hydrogen-bond donors (Lipinski definition) is 3. The van der Waals surface area contributed by atoms with Crippen molar-refractivity contribution in [2.24, 2.45) is 5.73 Å². The van der Waals surface area contributed by atoms with E-state index in [9.17, 15) is 19.7 Å². The van der Waals surface area contributed by atoms with Crippen LogP contribution in [0.25, 0.3) is 0 Å². The number of nitro benzene ring substituents is 1. The van der Waals surface area contributed by atoms with Crippen molar-refractivity contribution in [2.45, 2.75) is 0 Å². The Kier molecular flexibility index (Phi) is 5.46. The molecule has 1 aromatic heterocycles. The van der Waals surface area contributed by atoms with Crippen LogP contribution in [-0.4, -0.2) is 35.4 Å². The molecule has 0 unspecified atom stereocenters. The molecule has 10 nitrogen and oxygen atoms in total. The predicted octanol–water partition coefficient (Wildman–Crippen LogP) is 1.15. The number of carbonyl (C=O) groups is 2. The van der Waals surface area contributed by atoms with Crippen LogP contribution >= 0.6 is 0 Å². The average molecular weight is 345 g/mol. The summed E-state index contributed by atoms with van der Waals surface area (Å²) in [5, 5.41) is 16.2. The fraction of sp³-hybridized carbons (Fsp3) is 0.133. The van der Waals surface area contributed by atoms with Gasteiger partial charge in [0.1, 0.15) is 11.4 Å². The van der Waals surface area contributed by atoms with Gasteiger partial charge in [-0.05, 0) is 24.3 Å². The number of hydrogen-bond acceptors (Lipinski definition) is 7. The quantitative estimate of drug-likeness (QED) is 0.503. The van der Waals surface area contributed by atoms with Crippen molar-refractivity contribution in [3.05, 3.63) is 52.3 Å². The maximum absolute atomic E-state index is 12.0. The minimum absolute atomic E-state index is 0.00859. The third-order valence-corrected chi connectivity index (χ3v) is 3.16. The molecule has 2 amide bonds. The number of carbonyl (C=O) groups excluding carboxylic acids is 2. The van der Waals surface area contributed by atoms with Crippen LogP contribution in [-0.2, 0) is 4.79 Å². The van der Waals surface area contributed by atoms with Gasteiger partial charge in [0.15, 0.2) is 5.69 Å². The summed E-state index contributed by atoms with van der Waals surface area (Å²) < 4.78 is 4.93. The maximum Gasteiger partial charge on any atom is 0.296 e. The minimum Gasteiger partial charge on any atom is -0.496 e. The molecule has 4 N–H and O–H groups in total. The van der Waals surface area contributed by atoms with Crippen LogP contribution < -0.4 is 21.1 Å². The molecule has 0 spiro atoms. The predicted molar refractivity (Wildman–Crippen MR) is 89.5 cm³/mol. The lowest BCUT2D eigenvalue weighted by atomic mass is 10.2. The second-order valence-electron chi connectivity index (χ2n) is 4.81. The van der Waals surface area contributed by atoms with Gasteiger partial charge in [0.25, 0.3) is 11.6 Å². The molecule has 0 aliphatic heterocycles. The number of nitrogens with one attached hydrogen (secondary N) is 2. The SMILES string of the molecule is COc1ccc(NC(=O)CNc2cccnc2C(N)=O)c([N+](=O)[O-])c1. The molecule has 0 radical (unpaired) electrons. The van der Waals surface area contributed by atoms with E-state index in [1.54, 1.807) is 6.07 Å². The summed E-state index contributed by atoms with van der Waals surface area (Å²) in [5.41, 5.74) is 5.20. The van der Waals surface area contributed by atoms with Gasteiger partial charge in [-0.3, -0.25) is 19.7 Å². The highest BCUT2D eigenvalue weighted by atomic mass is 16.6. The first kappa shape index (κ1) is 17.7. The highest BCUT2D eigenvalue weighted by Crippen LogP contribution is 2.28. The topological polar surface area (TPSA) is 149 Å². The van der Waals surface area contributed by atoms with Crippen LogP contribution in [0.1, 0.15) is 10.5 Å². The van der Waals surface area contributed by atoms with Crippen molar-refractivity contribution in [1.29, 1.82) is 0 Å². The van der Waals surface area contributed by atoms with Crippen molar-refractivity contribution in [2.75, 3.05) is 24.3 Å². The van der Waals surface area contributed by atoms with Crippen molar-refractivity contribution < 1.29 is 19.2 Å². The Morgan fingerprint density at radius 3 is 2.72 bits per heavy atom. The Bertz CT molecular complexity index is 824. The number of benzene rings is 1. The zero-order valence-electron chi connectivity index (χ0n) is 13.2. The van der Waals surface area contributed by atoms with Gasteiger partial charge in [-0.25, -0.2) is 4.98 Å². The molecule has 0 saturated carbocycles. The van der Waals surface area contributed by atoms with Gasteiger partial charge in [0.05, 0.1) is 30.3 Å². The summed E-state index contributed by atoms with van der Waals surface area (Å²) in [5.74, 6) is -0.994. The van der Waals surface area contributed by atoms with Crippen molar-refractivity contribution >= 4 is 28.9 Å². The Morgan fingerprint density at radius 1 is 1.32 bits per heavy atom. The second kappa shape index (κ2) is 7.73. The Hall–Kier alpha value is -3.69. The molecule has 1 aromatic carbocycles. The molecular formula is C15H15N5O5. The minimum atomic E-state index is -0.741. The zero-order chi connectivity index (χ0) is 18.4. The van der Waals surface area contributed by atoms with Crippen LogP contribution in [0.5, 0.6) is 5.75 Å². The molecular weight excluding hydrogens is 330 g/mol. The van der Waals surface area contributed by atoms with E-state index in [2.05, 4.69) is 15.6 Å². The van der Waals surface area contributed by atoms with Gasteiger partial charge in [-0.1, -0.05) is 0 Å². The Morgan fingerprint density at radius 2 is 2.08 bits per heavy atom. The number of nitrogens with zero attached hydrogens (tertiary/aromatic N) is 2. The molecule has 1 heterocycles. The molecule has 10 heteroatoms.